The van der Waals surface area contributed by atoms with Crippen LogP contribution < -0.4 is 5.73 Å². The fourth-order valence-corrected chi connectivity index (χ4v) is 4.35. The minimum Gasteiger partial charge on any atom is -0.323 e. The lowest BCUT2D eigenvalue weighted by Gasteiger charge is -2.23. The van der Waals surface area contributed by atoms with Gasteiger partial charge in [0.15, 0.2) is 0 Å². The van der Waals surface area contributed by atoms with Gasteiger partial charge in [-0.3, -0.25) is 0 Å². The number of benzene rings is 2. The lowest BCUT2D eigenvalue weighted by atomic mass is 9.86. The van der Waals surface area contributed by atoms with Crippen molar-refractivity contribution in [2.24, 2.45) is 5.73 Å². The third kappa shape index (κ3) is 2.27. The van der Waals surface area contributed by atoms with Crippen LogP contribution in [0.4, 0.5) is 0 Å². The molecule has 1 heterocycles. The van der Waals surface area contributed by atoms with Crippen LogP contribution in [0.5, 0.6) is 0 Å². The van der Waals surface area contributed by atoms with Crippen LogP contribution in [0.1, 0.15) is 39.8 Å². The molecule has 1 aliphatic rings. The van der Waals surface area contributed by atoms with Gasteiger partial charge in [-0.25, -0.2) is 0 Å². The predicted octanol–water partition coefficient (Wildman–Crippen LogP) is 4.50. The summed E-state index contributed by atoms with van der Waals surface area (Å²) in [5.41, 5.74) is 13.3. The van der Waals surface area contributed by atoms with E-state index in [1.54, 1.807) is 0 Å². The van der Waals surface area contributed by atoms with Crippen LogP contribution in [0, 0.1) is 20.8 Å². The van der Waals surface area contributed by atoms with Gasteiger partial charge in [0, 0.05) is 22.6 Å². The number of hydrogen-bond donors (Lipinski definition) is 1. The van der Waals surface area contributed by atoms with Crippen molar-refractivity contribution in [3.05, 3.63) is 64.2 Å². The van der Waals surface area contributed by atoms with E-state index in [4.69, 9.17) is 5.73 Å². The van der Waals surface area contributed by atoms with Crippen molar-refractivity contribution < 1.29 is 0 Å². The van der Waals surface area contributed by atoms with Crippen molar-refractivity contribution in [1.82, 2.24) is 0 Å². The quantitative estimate of drug-likeness (QED) is 0.878. The molecule has 20 heavy (non-hydrogen) atoms. The van der Waals surface area contributed by atoms with Gasteiger partial charge in [0.2, 0.25) is 0 Å². The Morgan fingerprint density at radius 2 is 1.75 bits per heavy atom. The summed E-state index contributed by atoms with van der Waals surface area (Å²) in [4.78, 5) is 1.40. The lowest BCUT2D eigenvalue weighted by molar-refractivity contribution is 0.603. The third-order valence-electron chi connectivity index (χ3n) is 4.41. The molecule has 2 unspecified atom stereocenters. The van der Waals surface area contributed by atoms with Gasteiger partial charge in [-0.2, -0.15) is 0 Å². The molecule has 1 nitrogen and oxygen atoms in total. The molecular formula is C18H21NS. The molecule has 2 atom stereocenters. The smallest absolute Gasteiger partial charge is 0.0375 e. The van der Waals surface area contributed by atoms with E-state index in [2.05, 4.69) is 57.2 Å². The summed E-state index contributed by atoms with van der Waals surface area (Å²) in [6.45, 7) is 6.51. The van der Waals surface area contributed by atoms with E-state index in [1.165, 1.54) is 32.7 Å². The number of rotatable bonds is 2. The highest BCUT2D eigenvalue weighted by molar-refractivity contribution is 7.99. The summed E-state index contributed by atoms with van der Waals surface area (Å²) in [5, 5.41) is 0. The first-order valence-corrected chi connectivity index (χ1v) is 8.11. The van der Waals surface area contributed by atoms with Crippen molar-refractivity contribution >= 4 is 11.8 Å². The molecule has 0 spiro atoms. The fraction of sp³-hybridized carbons (Fsp3) is 0.333. The molecule has 2 aromatic carbocycles. The summed E-state index contributed by atoms with van der Waals surface area (Å²) < 4.78 is 0. The van der Waals surface area contributed by atoms with Gasteiger partial charge in [0.1, 0.15) is 0 Å². The molecule has 104 valence electrons. The van der Waals surface area contributed by atoms with Crippen molar-refractivity contribution in [3.63, 3.8) is 0 Å². The first-order valence-electron chi connectivity index (χ1n) is 7.13. The Hall–Kier alpha value is -1.25. The first kappa shape index (κ1) is 13.7. The number of hydrogen-bond acceptors (Lipinski definition) is 2. The van der Waals surface area contributed by atoms with Crippen LogP contribution in [0.25, 0.3) is 0 Å². The maximum absolute atomic E-state index is 6.62. The molecule has 0 radical (unpaired) electrons. The van der Waals surface area contributed by atoms with Gasteiger partial charge >= 0.3 is 0 Å². The van der Waals surface area contributed by atoms with E-state index in [0.29, 0.717) is 5.92 Å². The second-order valence-corrected chi connectivity index (χ2v) is 6.84. The van der Waals surface area contributed by atoms with Gasteiger partial charge < -0.3 is 5.73 Å². The molecule has 3 rings (SSSR count). The highest BCUT2D eigenvalue weighted by Gasteiger charge is 2.29. The molecule has 0 aromatic heterocycles. The monoisotopic (exact) mass is 283 g/mol. The largest absolute Gasteiger partial charge is 0.323 e. The zero-order valence-electron chi connectivity index (χ0n) is 12.3. The van der Waals surface area contributed by atoms with E-state index in [0.717, 1.165) is 5.75 Å². The van der Waals surface area contributed by atoms with Crippen molar-refractivity contribution in [1.29, 1.82) is 0 Å². The molecule has 2 N–H and O–H groups in total. The van der Waals surface area contributed by atoms with E-state index < -0.39 is 0 Å². The Balaban J connectivity index is 1.98. The molecule has 1 aliphatic heterocycles. The van der Waals surface area contributed by atoms with Crippen molar-refractivity contribution in [2.75, 3.05) is 5.75 Å². The average molecular weight is 283 g/mol. The van der Waals surface area contributed by atoms with Gasteiger partial charge in [-0.1, -0.05) is 30.3 Å². The van der Waals surface area contributed by atoms with Crippen LogP contribution in [0.3, 0.4) is 0 Å². The van der Waals surface area contributed by atoms with E-state index in [9.17, 15) is 0 Å². The third-order valence-corrected chi connectivity index (χ3v) is 5.62. The average Bonchev–Trinajstić information content (AvgIpc) is 2.86. The van der Waals surface area contributed by atoms with Crippen LogP contribution in [0.15, 0.2) is 41.3 Å². The highest BCUT2D eigenvalue weighted by Crippen LogP contribution is 2.45. The van der Waals surface area contributed by atoms with E-state index in [1.807, 2.05) is 11.8 Å². The Morgan fingerprint density at radius 3 is 2.55 bits per heavy atom. The molecule has 0 saturated carbocycles. The summed E-state index contributed by atoms with van der Waals surface area (Å²) in [6, 6.07) is 13.3. The maximum Gasteiger partial charge on any atom is 0.0375 e. The van der Waals surface area contributed by atoms with Crippen LogP contribution in [-0.2, 0) is 0 Å². The number of fused-ring (bicyclic) bond motifs is 1. The van der Waals surface area contributed by atoms with Gasteiger partial charge in [-0.15, -0.1) is 11.8 Å². The fourth-order valence-electron chi connectivity index (χ4n) is 3.04. The normalized spacial score (nSPS) is 18.9. The topological polar surface area (TPSA) is 26.0 Å². The van der Waals surface area contributed by atoms with E-state index >= 15 is 0 Å². The van der Waals surface area contributed by atoms with Crippen LogP contribution in [0.2, 0.25) is 0 Å². The Morgan fingerprint density at radius 1 is 1.05 bits per heavy atom. The Labute approximate surface area is 125 Å². The molecule has 2 heteroatoms. The zero-order valence-corrected chi connectivity index (χ0v) is 13.1. The zero-order chi connectivity index (χ0) is 14.3. The molecule has 0 saturated heterocycles. The molecule has 0 aliphatic carbocycles. The summed E-state index contributed by atoms with van der Waals surface area (Å²) in [6.07, 6.45) is 0. The number of nitrogens with two attached hydrogens (primary N) is 1. The maximum atomic E-state index is 6.62. The summed E-state index contributed by atoms with van der Waals surface area (Å²) >= 11 is 1.93. The first-order chi connectivity index (χ1) is 9.58. The summed E-state index contributed by atoms with van der Waals surface area (Å²) in [7, 11) is 0. The van der Waals surface area contributed by atoms with Crippen molar-refractivity contribution in [3.8, 4) is 0 Å². The Bertz CT molecular complexity index is 648. The van der Waals surface area contributed by atoms with Crippen molar-refractivity contribution in [2.45, 2.75) is 37.6 Å². The number of thioether (sulfide) groups is 1. The Kier molecular flexibility index (Phi) is 3.61. The molecule has 0 amide bonds. The minimum atomic E-state index is 0.0884. The molecule has 2 aromatic rings. The van der Waals surface area contributed by atoms with Crippen LogP contribution >= 0.6 is 11.8 Å². The lowest BCUT2D eigenvalue weighted by Crippen LogP contribution is -2.21. The van der Waals surface area contributed by atoms with Gasteiger partial charge in [0.25, 0.3) is 0 Å². The van der Waals surface area contributed by atoms with Gasteiger partial charge in [-0.05, 0) is 54.7 Å². The standard InChI is InChI=1S/C18H21NS/c1-11-8-13(3)15(9-12(11)2)18(19)16-10-20-17-7-5-4-6-14(16)17/h4-9,16,18H,10,19H2,1-3H3. The molecular weight excluding hydrogens is 262 g/mol. The highest BCUT2D eigenvalue weighted by atomic mass is 32.2. The SMILES string of the molecule is Cc1cc(C)c(C(N)C2CSc3ccccc32)cc1C. The predicted molar refractivity (Wildman–Crippen MR) is 87.5 cm³/mol. The second kappa shape index (κ2) is 5.27. The van der Waals surface area contributed by atoms with Gasteiger partial charge in [0.05, 0.1) is 0 Å². The molecule has 0 bridgehead atoms. The van der Waals surface area contributed by atoms with E-state index in [-0.39, 0.29) is 6.04 Å². The number of aryl methyl sites for hydroxylation is 3. The molecule has 0 fully saturated rings. The minimum absolute atomic E-state index is 0.0884. The second-order valence-electron chi connectivity index (χ2n) is 5.77. The summed E-state index contributed by atoms with van der Waals surface area (Å²) in [5.74, 6) is 1.52. The van der Waals surface area contributed by atoms with Crippen LogP contribution in [-0.4, -0.2) is 5.75 Å².